The van der Waals surface area contributed by atoms with Crippen LogP contribution < -0.4 is 16.4 Å². The Balaban J connectivity index is 0.00000385. The molecule has 0 bridgehead atoms. The summed E-state index contributed by atoms with van der Waals surface area (Å²) < 4.78 is 2.28. The zero-order valence-corrected chi connectivity index (χ0v) is 22.4. The predicted molar refractivity (Wildman–Crippen MR) is 146 cm³/mol. The van der Waals surface area contributed by atoms with Crippen LogP contribution in [0.5, 0.6) is 0 Å². The van der Waals surface area contributed by atoms with Gasteiger partial charge in [-0.25, -0.2) is 4.98 Å². The number of nitrogens with zero attached hydrogens (tertiary/aromatic N) is 4. The van der Waals surface area contributed by atoms with Crippen molar-refractivity contribution in [2.45, 2.75) is 52.5 Å². The van der Waals surface area contributed by atoms with E-state index in [-0.39, 0.29) is 35.8 Å². The molecular formula is C24H40IN7O. The summed E-state index contributed by atoms with van der Waals surface area (Å²) in [6.45, 7) is 10.7. The van der Waals surface area contributed by atoms with Crippen LogP contribution in [0.15, 0.2) is 29.3 Å². The number of hydrogen-bond acceptors (Lipinski definition) is 4. The second-order valence-corrected chi connectivity index (χ2v) is 8.57. The van der Waals surface area contributed by atoms with Gasteiger partial charge in [0.2, 0.25) is 5.91 Å². The first-order chi connectivity index (χ1) is 15.6. The van der Waals surface area contributed by atoms with Gasteiger partial charge in [0, 0.05) is 32.1 Å². The van der Waals surface area contributed by atoms with Crippen LogP contribution in [0, 0.1) is 12.8 Å². The molecule has 2 aromatic rings. The number of aliphatic imine (C=N–C) groups is 1. The third-order valence-corrected chi connectivity index (χ3v) is 6.18. The maximum Gasteiger partial charge on any atom is 0.220 e. The maximum atomic E-state index is 11.3. The molecule has 4 N–H and O–H groups in total. The minimum atomic E-state index is -0.141. The first-order valence-corrected chi connectivity index (χ1v) is 12.0. The number of nitrogens with one attached hydrogen (secondary N) is 2. The van der Waals surface area contributed by atoms with E-state index in [1.165, 1.54) is 5.52 Å². The molecule has 1 saturated heterocycles. The van der Waals surface area contributed by atoms with Crippen molar-refractivity contribution in [2.75, 3.05) is 39.3 Å². The molecule has 33 heavy (non-hydrogen) atoms. The molecule has 184 valence electrons. The summed E-state index contributed by atoms with van der Waals surface area (Å²) in [6, 6.07) is 8.29. The van der Waals surface area contributed by atoms with Gasteiger partial charge in [-0.15, -0.1) is 24.0 Å². The van der Waals surface area contributed by atoms with E-state index in [9.17, 15) is 4.79 Å². The van der Waals surface area contributed by atoms with Gasteiger partial charge in [0.1, 0.15) is 5.82 Å². The zero-order chi connectivity index (χ0) is 22.8. The Morgan fingerprint density at radius 3 is 2.64 bits per heavy atom. The highest BCUT2D eigenvalue weighted by molar-refractivity contribution is 14.0. The Morgan fingerprint density at radius 1 is 1.15 bits per heavy atom. The van der Waals surface area contributed by atoms with Crippen LogP contribution in [0.25, 0.3) is 11.0 Å². The normalized spacial score (nSPS) is 15.4. The summed E-state index contributed by atoms with van der Waals surface area (Å²) in [7, 11) is 0. The van der Waals surface area contributed by atoms with Crippen molar-refractivity contribution in [3.63, 3.8) is 0 Å². The number of para-hydroxylation sites is 2. The number of piperidine rings is 1. The number of guanidine groups is 1. The average molecular weight is 570 g/mol. The van der Waals surface area contributed by atoms with E-state index in [4.69, 9.17) is 10.7 Å². The molecule has 1 fully saturated rings. The van der Waals surface area contributed by atoms with Crippen molar-refractivity contribution in [3.8, 4) is 0 Å². The molecule has 0 unspecified atom stereocenters. The number of carbonyl (C=O) groups excluding carboxylic acids is 1. The van der Waals surface area contributed by atoms with Crippen LogP contribution in [0.2, 0.25) is 0 Å². The number of hydrogen-bond donors (Lipinski definition) is 3. The smallest absolute Gasteiger partial charge is 0.220 e. The Hall–Kier alpha value is -1.88. The lowest BCUT2D eigenvalue weighted by Gasteiger charge is -2.30. The fourth-order valence-electron chi connectivity index (χ4n) is 4.35. The molecule has 0 atom stereocenters. The second kappa shape index (κ2) is 14.4. The van der Waals surface area contributed by atoms with Gasteiger partial charge in [-0.05, 0) is 77.7 Å². The highest BCUT2D eigenvalue weighted by Crippen LogP contribution is 2.17. The lowest BCUT2D eigenvalue weighted by Crippen LogP contribution is -2.39. The number of benzene rings is 1. The summed E-state index contributed by atoms with van der Waals surface area (Å²) >= 11 is 0. The molecule has 0 spiro atoms. The molecular weight excluding hydrogens is 529 g/mol. The quantitative estimate of drug-likeness (QED) is 0.167. The predicted octanol–water partition coefficient (Wildman–Crippen LogP) is 2.89. The SMILES string of the molecule is CCNC(=NCCCn1c(C)nc2ccccc21)NCCCCN1CCC(C(N)=O)CC1.I. The molecule has 0 radical (unpaired) electrons. The third-order valence-electron chi connectivity index (χ3n) is 6.18. The van der Waals surface area contributed by atoms with Crippen LogP contribution >= 0.6 is 24.0 Å². The number of imidazole rings is 1. The molecule has 1 aromatic carbocycles. The van der Waals surface area contributed by atoms with Gasteiger partial charge in [0.25, 0.3) is 0 Å². The molecule has 2 heterocycles. The number of nitrogens with two attached hydrogens (primary N) is 1. The molecule has 3 rings (SSSR count). The van der Waals surface area contributed by atoms with E-state index in [0.717, 1.165) is 95.2 Å². The van der Waals surface area contributed by atoms with Crippen LogP contribution in [0.1, 0.15) is 44.9 Å². The minimum Gasteiger partial charge on any atom is -0.369 e. The Labute approximate surface area is 214 Å². The topological polar surface area (TPSA) is 101 Å². The molecule has 0 saturated carbocycles. The van der Waals surface area contributed by atoms with Crippen LogP contribution in [-0.4, -0.2) is 65.6 Å². The lowest BCUT2D eigenvalue weighted by molar-refractivity contribution is -0.123. The van der Waals surface area contributed by atoms with E-state index in [0.29, 0.717) is 0 Å². The van der Waals surface area contributed by atoms with Crippen LogP contribution in [0.3, 0.4) is 0 Å². The van der Waals surface area contributed by atoms with Crippen molar-refractivity contribution in [2.24, 2.45) is 16.6 Å². The van der Waals surface area contributed by atoms with Gasteiger partial charge in [-0.1, -0.05) is 12.1 Å². The van der Waals surface area contributed by atoms with E-state index >= 15 is 0 Å². The first-order valence-electron chi connectivity index (χ1n) is 12.0. The number of primary amides is 1. The Morgan fingerprint density at radius 2 is 1.91 bits per heavy atom. The molecule has 1 aromatic heterocycles. The van der Waals surface area contributed by atoms with E-state index in [1.807, 2.05) is 6.07 Å². The highest BCUT2D eigenvalue weighted by atomic mass is 127. The number of carbonyl (C=O) groups is 1. The van der Waals surface area contributed by atoms with Gasteiger partial charge in [0.05, 0.1) is 11.0 Å². The summed E-state index contributed by atoms with van der Waals surface area (Å²) in [6.07, 6.45) is 5.01. The molecule has 8 nitrogen and oxygen atoms in total. The number of unbranched alkanes of at least 4 members (excludes halogenated alkanes) is 1. The van der Waals surface area contributed by atoms with Crippen molar-refractivity contribution in [3.05, 3.63) is 30.1 Å². The molecule has 1 amide bonds. The second-order valence-electron chi connectivity index (χ2n) is 8.57. The standard InChI is InChI=1S/C24H39N7O.HI/c1-3-26-24(27-13-6-7-15-30-17-11-20(12-18-30)23(25)32)28-14-8-16-31-19(2)29-21-9-4-5-10-22(21)31;/h4-5,9-10,20H,3,6-8,11-18H2,1-2H3,(H2,25,32)(H2,26,27,28);1H. The molecule has 1 aliphatic rings. The molecule has 9 heteroatoms. The first kappa shape index (κ1) is 27.4. The monoisotopic (exact) mass is 569 g/mol. The summed E-state index contributed by atoms with van der Waals surface area (Å²) in [4.78, 5) is 23.1. The highest BCUT2D eigenvalue weighted by Gasteiger charge is 2.22. The fourth-order valence-corrected chi connectivity index (χ4v) is 4.35. The van der Waals surface area contributed by atoms with Gasteiger partial charge in [-0.2, -0.15) is 0 Å². The number of aryl methyl sites for hydroxylation is 2. The summed E-state index contributed by atoms with van der Waals surface area (Å²) in [5, 5.41) is 6.79. The number of rotatable bonds is 11. The van der Waals surface area contributed by atoms with E-state index in [1.54, 1.807) is 0 Å². The fraction of sp³-hybridized carbons (Fsp3) is 0.625. The maximum absolute atomic E-state index is 11.3. The summed E-state index contributed by atoms with van der Waals surface area (Å²) in [5.41, 5.74) is 7.66. The van der Waals surface area contributed by atoms with Crippen molar-refractivity contribution in [1.82, 2.24) is 25.1 Å². The molecule has 1 aliphatic heterocycles. The summed E-state index contributed by atoms with van der Waals surface area (Å²) in [5.74, 6) is 1.88. The van der Waals surface area contributed by atoms with E-state index in [2.05, 4.69) is 57.1 Å². The van der Waals surface area contributed by atoms with E-state index < -0.39 is 0 Å². The lowest BCUT2D eigenvalue weighted by atomic mass is 9.96. The van der Waals surface area contributed by atoms with Crippen LogP contribution in [-0.2, 0) is 11.3 Å². The van der Waals surface area contributed by atoms with Gasteiger partial charge >= 0.3 is 0 Å². The zero-order valence-electron chi connectivity index (χ0n) is 20.1. The van der Waals surface area contributed by atoms with Crippen molar-refractivity contribution < 1.29 is 4.79 Å². The molecule has 0 aliphatic carbocycles. The Kier molecular flexibility index (Phi) is 11.9. The Bertz CT molecular complexity index is 890. The van der Waals surface area contributed by atoms with Crippen LogP contribution in [0.4, 0.5) is 0 Å². The number of fused-ring (bicyclic) bond motifs is 1. The van der Waals surface area contributed by atoms with Crippen molar-refractivity contribution >= 4 is 46.9 Å². The average Bonchev–Trinajstić information content (AvgIpc) is 3.11. The number of likely N-dealkylation sites (tertiary alicyclic amines) is 1. The third kappa shape index (κ3) is 8.44. The number of halogens is 1. The number of amides is 1. The van der Waals surface area contributed by atoms with Gasteiger partial charge in [-0.3, -0.25) is 9.79 Å². The van der Waals surface area contributed by atoms with Crippen molar-refractivity contribution in [1.29, 1.82) is 0 Å². The minimum absolute atomic E-state index is 0. The van der Waals surface area contributed by atoms with Gasteiger partial charge in [0.15, 0.2) is 5.96 Å². The van der Waals surface area contributed by atoms with Gasteiger partial charge < -0.3 is 25.8 Å². The largest absolute Gasteiger partial charge is 0.369 e. The number of aromatic nitrogens is 2.